The van der Waals surface area contributed by atoms with Crippen molar-refractivity contribution in [2.24, 2.45) is 0 Å². The summed E-state index contributed by atoms with van der Waals surface area (Å²) >= 11 is 5.86. The quantitative estimate of drug-likeness (QED) is 0.811. The molecule has 2 atom stereocenters. The number of aromatic hydroxyl groups is 1. The number of rotatable bonds is 4. The fourth-order valence-corrected chi connectivity index (χ4v) is 3.12. The van der Waals surface area contributed by atoms with Gasteiger partial charge in [0.05, 0.1) is 6.10 Å². The third-order valence-electron chi connectivity index (χ3n) is 4.27. The van der Waals surface area contributed by atoms with Crippen molar-refractivity contribution in [2.45, 2.75) is 31.4 Å². The average molecular weight is 318 g/mol. The van der Waals surface area contributed by atoms with Crippen LogP contribution >= 0.6 is 11.6 Å². The lowest BCUT2D eigenvalue weighted by atomic mass is 9.88. The zero-order valence-corrected chi connectivity index (χ0v) is 13.1. The number of aryl methyl sites for hydroxylation is 1. The predicted octanol–water partition coefficient (Wildman–Crippen LogP) is 3.23. The minimum absolute atomic E-state index is 0.320. The topological polar surface area (TPSA) is 52.5 Å². The number of halogens is 1. The second-order valence-electron chi connectivity index (χ2n) is 5.87. The molecule has 116 valence electrons. The van der Waals surface area contributed by atoms with E-state index in [9.17, 15) is 10.2 Å². The number of fused-ring (bicyclic) bond motifs is 1. The molecule has 0 spiro atoms. The number of aliphatic hydroxyl groups excluding tert-OH is 1. The molecule has 0 fully saturated rings. The Morgan fingerprint density at radius 2 is 1.91 bits per heavy atom. The number of hydrogen-bond acceptors (Lipinski definition) is 3. The van der Waals surface area contributed by atoms with Gasteiger partial charge in [-0.1, -0.05) is 29.8 Å². The van der Waals surface area contributed by atoms with Crippen LogP contribution in [0.1, 0.15) is 29.2 Å². The molecule has 0 saturated heterocycles. The van der Waals surface area contributed by atoms with Gasteiger partial charge in [-0.25, -0.2) is 0 Å². The van der Waals surface area contributed by atoms with E-state index < -0.39 is 6.10 Å². The molecule has 2 aromatic rings. The molecule has 2 aromatic carbocycles. The molecule has 4 heteroatoms. The highest BCUT2D eigenvalue weighted by atomic mass is 35.5. The molecule has 0 heterocycles. The molecule has 0 aromatic heterocycles. The molecule has 3 rings (SSSR count). The van der Waals surface area contributed by atoms with Gasteiger partial charge >= 0.3 is 0 Å². The van der Waals surface area contributed by atoms with Gasteiger partial charge in [-0.3, -0.25) is 0 Å². The SMILES string of the molecule is Oc1ccc2c(c1)C[C@@H](NC[C@@H](O)c1ccc(Cl)cc1)CC2. The number of nitrogens with one attached hydrogen (secondary N) is 1. The molecule has 3 nitrogen and oxygen atoms in total. The predicted molar refractivity (Wildman–Crippen MR) is 88.3 cm³/mol. The van der Waals surface area contributed by atoms with Crippen molar-refractivity contribution in [3.8, 4) is 5.75 Å². The summed E-state index contributed by atoms with van der Waals surface area (Å²) in [6.07, 6.45) is 2.40. The molecule has 0 saturated carbocycles. The normalized spacial score (nSPS) is 18.7. The van der Waals surface area contributed by atoms with Gasteiger partial charge in [-0.05, 0) is 60.2 Å². The lowest BCUT2D eigenvalue weighted by molar-refractivity contribution is 0.168. The van der Waals surface area contributed by atoms with Crippen LogP contribution in [0.25, 0.3) is 0 Å². The van der Waals surface area contributed by atoms with E-state index in [0.717, 1.165) is 24.8 Å². The Morgan fingerprint density at radius 1 is 1.14 bits per heavy atom. The molecule has 0 aliphatic heterocycles. The first-order valence-electron chi connectivity index (χ1n) is 7.59. The van der Waals surface area contributed by atoms with Crippen molar-refractivity contribution >= 4 is 11.6 Å². The lowest BCUT2D eigenvalue weighted by Crippen LogP contribution is -2.37. The Kier molecular flexibility index (Phi) is 4.67. The van der Waals surface area contributed by atoms with Gasteiger partial charge in [0.15, 0.2) is 0 Å². The summed E-state index contributed by atoms with van der Waals surface area (Å²) in [6.45, 7) is 0.514. The van der Waals surface area contributed by atoms with Crippen LogP contribution in [-0.4, -0.2) is 22.8 Å². The van der Waals surface area contributed by atoms with Crippen molar-refractivity contribution in [1.29, 1.82) is 0 Å². The Hall–Kier alpha value is -1.55. The standard InChI is InChI=1S/C18H20ClNO2/c19-15-5-1-13(2-6-15)18(22)11-20-16-7-3-12-4-8-17(21)10-14(12)9-16/h1-2,4-6,8,10,16,18,20-22H,3,7,9,11H2/t16-,18+/m0/s1. The maximum absolute atomic E-state index is 10.2. The highest BCUT2D eigenvalue weighted by molar-refractivity contribution is 6.30. The van der Waals surface area contributed by atoms with E-state index in [-0.39, 0.29) is 0 Å². The fourth-order valence-electron chi connectivity index (χ4n) is 3.00. The Morgan fingerprint density at radius 3 is 2.68 bits per heavy atom. The van der Waals surface area contributed by atoms with Crippen LogP contribution in [-0.2, 0) is 12.8 Å². The molecular weight excluding hydrogens is 298 g/mol. The molecule has 0 bridgehead atoms. The fraction of sp³-hybridized carbons (Fsp3) is 0.333. The number of benzene rings is 2. The molecular formula is C18H20ClNO2. The van der Waals surface area contributed by atoms with E-state index in [0.29, 0.717) is 23.4 Å². The van der Waals surface area contributed by atoms with Crippen LogP contribution in [0.15, 0.2) is 42.5 Å². The maximum Gasteiger partial charge on any atom is 0.115 e. The highest BCUT2D eigenvalue weighted by Gasteiger charge is 2.19. The Balaban J connectivity index is 1.57. The molecule has 1 aliphatic carbocycles. The zero-order chi connectivity index (χ0) is 15.5. The first kappa shape index (κ1) is 15.3. The van der Waals surface area contributed by atoms with E-state index in [4.69, 9.17) is 11.6 Å². The summed E-state index contributed by atoms with van der Waals surface area (Å²) in [7, 11) is 0. The summed E-state index contributed by atoms with van der Waals surface area (Å²) in [5.74, 6) is 0.320. The second kappa shape index (κ2) is 6.69. The van der Waals surface area contributed by atoms with Crippen LogP contribution in [0.5, 0.6) is 5.75 Å². The summed E-state index contributed by atoms with van der Waals surface area (Å²) in [5.41, 5.74) is 3.38. The van der Waals surface area contributed by atoms with E-state index in [1.165, 1.54) is 11.1 Å². The first-order valence-corrected chi connectivity index (χ1v) is 7.97. The number of phenolic OH excluding ortho intramolecular Hbond substituents is 1. The number of hydrogen-bond donors (Lipinski definition) is 3. The smallest absolute Gasteiger partial charge is 0.115 e. The van der Waals surface area contributed by atoms with Gasteiger partial charge in [-0.2, -0.15) is 0 Å². The average Bonchev–Trinajstić information content (AvgIpc) is 2.53. The summed E-state index contributed by atoms with van der Waals surface area (Å²) < 4.78 is 0. The van der Waals surface area contributed by atoms with Crippen molar-refractivity contribution in [2.75, 3.05) is 6.54 Å². The van der Waals surface area contributed by atoms with Gasteiger partial charge < -0.3 is 15.5 Å². The molecule has 0 amide bonds. The largest absolute Gasteiger partial charge is 0.508 e. The lowest BCUT2D eigenvalue weighted by Gasteiger charge is -2.26. The maximum atomic E-state index is 10.2. The summed E-state index contributed by atoms with van der Waals surface area (Å²) in [6, 6.07) is 13.2. The number of aliphatic hydroxyl groups is 1. The minimum atomic E-state index is -0.539. The second-order valence-corrected chi connectivity index (χ2v) is 6.30. The third kappa shape index (κ3) is 3.61. The first-order chi connectivity index (χ1) is 10.6. The Labute approximate surface area is 135 Å². The van der Waals surface area contributed by atoms with Crippen molar-refractivity contribution in [1.82, 2.24) is 5.32 Å². The highest BCUT2D eigenvalue weighted by Crippen LogP contribution is 2.25. The summed E-state index contributed by atoms with van der Waals surface area (Å²) in [5, 5.41) is 23.9. The van der Waals surface area contributed by atoms with Gasteiger partial charge in [0.25, 0.3) is 0 Å². The van der Waals surface area contributed by atoms with E-state index in [1.807, 2.05) is 24.3 Å². The molecule has 3 N–H and O–H groups in total. The molecule has 22 heavy (non-hydrogen) atoms. The van der Waals surface area contributed by atoms with Crippen LogP contribution in [0.2, 0.25) is 5.02 Å². The van der Waals surface area contributed by atoms with Crippen molar-refractivity contribution in [3.63, 3.8) is 0 Å². The number of phenols is 1. The van der Waals surface area contributed by atoms with Gasteiger partial charge in [0.1, 0.15) is 5.75 Å². The van der Waals surface area contributed by atoms with Crippen LogP contribution < -0.4 is 5.32 Å². The van der Waals surface area contributed by atoms with E-state index in [1.54, 1.807) is 18.2 Å². The van der Waals surface area contributed by atoms with Crippen LogP contribution in [0.4, 0.5) is 0 Å². The molecule has 0 radical (unpaired) electrons. The van der Waals surface area contributed by atoms with Crippen LogP contribution in [0.3, 0.4) is 0 Å². The van der Waals surface area contributed by atoms with E-state index in [2.05, 4.69) is 5.32 Å². The minimum Gasteiger partial charge on any atom is -0.508 e. The monoisotopic (exact) mass is 317 g/mol. The van der Waals surface area contributed by atoms with Crippen molar-refractivity contribution in [3.05, 3.63) is 64.2 Å². The molecule has 0 unspecified atom stereocenters. The van der Waals surface area contributed by atoms with Crippen molar-refractivity contribution < 1.29 is 10.2 Å². The summed E-state index contributed by atoms with van der Waals surface area (Å²) in [4.78, 5) is 0. The third-order valence-corrected chi connectivity index (χ3v) is 4.52. The van der Waals surface area contributed by atoms with Crippen LogP contribution in [0, 0.1) is 0 Å². The Bertz CT molecular complexity index is 642. The van der Waals surface area contributed by atoms with Gasteiger partial charge in [0.2, 0.25) is 0 Å². The van der Waals surface area contributed by atoms with Gasteiger partial charge in [-0.15, -0.1) is 0 Å². The van der Waals surface area contributed by atoms with Gasteiger partial charge in [0, 0.05) is 17.6 Å². The zero-order valence-electron chi connectivity index (χ0n) is 12.3. The van der Waals surface area contributed by atoms with E-state index >= 15 is 0 Å². The molecule has 1 aliphatic rings.